The number of nitrogens with zero attached hydrogens (tertiary/aromatic N) is 3. The monoisotopic (exact) mass is 456 g/mol. The van der Waals surface area contributed by atoms with Crippen LogP contribution in [0, 0.1) is 19.8 Å². The molecular formula is C25H36N4O4. The second-order valence-corrected chi connectivity index (χ2v) is 9.14. The molecule has 0 spiro atoms. The first-order valence-corrected chi connectivity index (χ1v) is 11.7. The van der Waals surface area contributed by atoms with Gasteiger partial charge in [0.15, 0.2) is 0 Å². The third-order valence-corrected chi connectivity index (χ3v) is 6.36. The molecule has 2 aliphatic rings. The molecule has 2 aliphatic heterocycles. The lowest BCUT2D eigenvalue weighted by molar-refractivity contribution is -0.139. The quantitative estimate of drug-likeness (QED) is 0.666. The van der Waals surface area contributed by atoms with Gasteiger partial charge in [-0.05, 0) is 31.9 Å². The van der Waals surface area contributed by atoms with E-state index in [2.05, 4.69) is 10.2 Å². The van der Waals surface area contributed by atoms with Crippen LogP contribution in [0.1, 0.15) is 43.5 Å². The maximum Gasteiger partial charge on any atom is 0.338 e. The topological polar surface area (TPSA) is 82.2 Å². The standard InChI is InChI=1S/C25H36N4O4/c1-7-33-24(31)21-20(15-28-10-12-29(13-11-28)23(30)16(2)3)27(6)25(32)26-22(21)19-9-8-17(4)14-18(19)5/h8-9,14,16,22H,7,10-13,15H2,1-6H3,(H,26,32). The zero-order valence-corrected chi connectivity index (χ0v) is 20.6. The number of likely N-dealkylation sites (N-methyl/N-ethyl adjacent to an activating group) is 1. The average Bonchev–Trinajstić information content (AvgIpc) is 2.77. The summed E-state index contributed by atoms with van der Waals surface area (Å²) in [4.78, 5) is 44.0. The number of nitrogens with one attached hydrogen (secondary N) is 1. The van der Waals surface area contributed by atoms with Crippen molar-refractivity contribution in [1.29, 1.82) is 0 Å². The van der Waals surface area contributed by atoms with Crippen LogP contribution in [-0.2, 0) is 14.3 Å². The van der Waals surface area contributed by atoms with Gasteiger partial charge in [0.2, 0.25) is 5.91 Å². The van der Waals surface area contributed by atoms with Crippen LogP contribution in [0.4, 0.5) is 4.79 Å². The van der Waals surface area contributed by atoms with Crippen molar-refractivity contribution in [2.45, 2.75) is 40.7 Å². The van der Waals surface area contributed by atoms with Crippen LogP contribution >= 0.6 is 0 Å². The van der Waals surface area contributed by atoms with Crippen LogP contribution in [0.15, 0.2) is 29.5 Å². The molecule has 1 saturated heterocycles. The Balaban J connectivity index is 1.94. The lowest BCUT2D eigenvalue weighted by Gasteiger charge is -2.40. The van der Waals surface area contributed by atoms with Gasteiger partial charge in [-0.1, -0.05) is 37.6 Å². The van der Waals surface area contributed by atoms with E-state index >= 15 is 0 Å². The van der Waals surface area contributed by atoms with E-state index in [0.29, 0.717) is 44.0 Å². The molecule has 3 amide bonds. The smallest absolute Gasteiger partial charge is 0.338 e. The molecule has 0 radical (unpaired) electrons. The summed E-state index contributed by atoms with van der Waals surface area (Å²) >= 11 is 0. The molecule has 8 nitrogen and oxygen atoms in total. The number of ether oxygens (including phenoxy) is 1. The lowest BCUT2D eigenvalue weighted by atomic mass is 9.90. The highest BCUT2D eigenvalue weighted by Crippen LogP contribution is 2.33. The number of hydrogen-bond donors (Lipinski definition) is 1. The molecule has 180 valence electrons. The van der Waals surface area contributed by atoms with Crippen LogP contribution in [-0.4, -0.2) is 79.0 Å². The molecule has 0 aromatic heterocycles. The SMILES string of the molecule is CCOC(=O)C1=C(CN2CCN(C(=O)C(C)C)CC2)N(C)C(=O)NC1c1ccc(C)cc1C. The normalized spacial score (nSPS) is 19.7. The number of hydrogen-bond acceptors (Lipinski definition) is 5. The first-order valence-electron chi connectivity index (χ1n) is 11.7. The Labute approximate surface area is 196 Å². The molecule has 1 aromatic rings. The predicted octanol–water partition coefficient (Wildman–Crippen LogP) is 2.62. The Morgan fingerprint density at radius 3 is 2.39 bits per heavy atom. The van der Waals surface area contributed by atoms with Gasteiger partial charge in [-0.2, -0.15) is 0 Å². The minimum atomic E-state index is -0.577. The highest BCUT2D eigenvalue weighted by Gasteiger charge is 2.38. The Morgan fingerprint density at radius 1 is 1.15 bits per heavy atom. The third-order valence-electron chi connectivity index (χ3n) is 6.36. The minimum absolute atomic E-state index is 0.0265. The van der Waals surface area contributed by atoms with E-state index in [1.807, 2.05) is 50.8 Å². The van der Waals surface area contributed by atoms with Crippen molar-refractivity contribution < 1.29 is 19.1 Å². The van der Waals surface area contributed by atoms with Crippen molar-refractivity contribution in [3.8, 4) is 0 Å². The summed E-state index contributed by atoms with van der Waals surface area (Å²) in [6.45, 7) is 12.9. The van der Waals surface area contributed by atoms with Crippen LogP contribution in [0.3, 0.4) is 0 Å². The number of carbonyl (C=O) groups is 3. The van der Waals surface area contributed by atoms with Crippen molar-refractivity contribution in [3.05, 3.63) is 46.2 Å². The summed E-state index contributed by atoms with van der Waals surface area (Å²) < 4.78 is 5.43. The average molecular weight is 457 g/mol. The van der Waals surface area contributed by atoms with Crippen LogP contribution in [0.5, 0.6) is 0 Å². The maximum atomic E-state index is 13.2. The van der Waals surface area contributed by atoms with E-state index in [1.165, 1.54) is 4.90 Å². The number of piperazine rings is 1. The van der Waals surface area contributed by atoms with E-state index in [-0.39, 0.29) is 24.5 Å². The Morgan fingerprint density at radius 2 is 1.82 bits per heavy atom. The number of aryl methyl sites for hydroxylation is 2. The van der Waals surface area contributed by atoms with Gasteiger partial charge < -0.3 is 15.0 Å². The highest BCUT2D eigenvalue weighted by atomic mass is 16.5. The Hall–Kier alpha value is -2.87. The predicted molar refractivity (Wildman–Crippen MR) is 126 cm³/mol. The van der Waals surface area contributed by atoms with Crippen molar-refractivity contribution in [1.82, 2.24) is 20.0 Å². The molecule has 3 rings (SSSR count). The van der Waals surface area contributed by atoms with Gasteiger partial charge in [-0.15, -0.1) is 0 Å². The lowest BCUT2D eigenvalue weighted by Crippen LogP contribution is -2.53. The molecule has 1 aromatic carbocycles. The van der Waals surface area contributed by atoms with E-state index < -0.39 is 12.0 Å². The maximum absolute atomic E-state index is 13.2. The van der Waals surface area contributed by atoms with Crippen LogP contribution in [0.2, 0.25) is 0 Å². The fourth-order valence-corrected chi connectivity index (χ4v) is 4.48. The molecule has 33 heavy (non-hydrogen) atoms. The molecule has 8 heteroatoms. The van der Waals surface area contributed by atoms with Gasteiger partial charge in [0, 0.05) is 51.4 Å². The largest absolute Gasteiger partial charge is 0.463 e. The fourth-order valence-electron chi connectivity index (χ4n) is 4.48. The summed E-state index contributed by atoms with van der Waals surface area (Å²) in [5.41, 5.74) is 4.12. The van der Waals surface area contributed by atoms with Gasteiger partial charge in [-0.3, -0.25) is 14.6 Å². The van der Waals surface area contributed by atoms with Crippen LogP contribution in [0.25, 0.3) is 0 Å². The van der Waals surface area contributed by atoms with Crippen molar-refractivity contribution in [3.63, 3.8) is 0 Å². The van der Waals surface area contributed by atoms with Gasteiger partial charge in [-0.25, -0.2) is 9.59 Å². The summed E-state index contributed by atoms with van der Waals surface area (Å²) in [5, 5.41) is 2.99. The van der Waals surface area contributed by atoms with E-state index in [9.17, 15) is 14.4 Å². The summed E-state index contributed by atoms with van der Waals surface area (Å²) in [6, 6.07) is 5.17. The number of rotatable bonds is 6. The van der Waals surface area contributed by atoms with Gasteiger partial charge in [0.05, 0.1) is 18.2 Å². The summed E-state index contributed by atoms with van der Waals surface area (Å²) in [5.74, 6) is -0.288. The first-order chi connectivity index (χ1) is 15.6. The van der Waals surface area contributed by atoms with E-state index in [4.69, 9.17) is 4.74 Å². The molecular weight excluding hydrogens is 420 g/mol. The Kier molecular flexibility index (Phi) is 7.79. The molecule has 0 aliphatic carbocycles. The highest BCUT2D eigenvalue weighted by molar-refractivity contribution is 5.95. The van der Waals surface area contributed by atoms with Crippen molar-refractivity contribution in [2.75, 3.05) is 46.4 Å². The van der Waals surface area contributed by atoms with Gasteiger partial charge in [0.25, 0.3) is 0 Å². The molecule has 2 heterocycles. The molecule has 0 bridgehead atoms. The van der Waals surface area contributed by atoms with Gasteiger partial charge >= 0.3 is 12.0 Å². The second kappa shape index (κ2) is 10.4. The van der Waals surface area contributed by atoms with Crippen molar-refractivity contribution >= 4 is 17.9 Å². The molecule has 0 saturated carbocycles. The fraction of sp³-hybridized carbons (Fsp3) is 0.560. The van der Waals surface area contributed by atoms with Crippen molar-refractivity contribution in [2.24, 2.45) is 5.92 Å². The van der Waals surface area contributed by atoms with Crippen LogP contribution < -0.4 is 5.32 Å². The summed E-state index contributed by atoms with van der Waals surface area (Å²) in [6.07, 6.45) is 0. The number of urea groups is 1. The number of esters is 1. The molecule has 1 N–H and O–H groups in total. The zero-order valence-electron chi connectivity index (χ0n) is 20.6. The third kappa shape index (κ3) is 5.38. The minimum Gasteiger partial charge on any atom is -0.463 e. The molecule has 1 fully saturated rings. The second-order valence-electron chi connectivity index (χ2n) is 9.14. The Bertz CT molecular complexity index is 948. The summed E-state index contributed by atoms with van der Waals surface area (Å²) in [7, 11) is 1.68. The zero-order chi connectivity index (χ0) is 24.3. The van der Waals surface area contributed by atoms with E-state index in [0.717, 1.165) is 16.7 Å². The number of benzene rings is 1. The number of amides is 3. The van der Waals surface area contributed by atoms with Gasteiger partial charge in [0.1, 0.15) is 0 Å². The first kappa shape index (κ1) is 24.8. The van der Waals surface area contributed by atoms with E-state index in [1.54, 1.807) is 14.0 Å². The number of carbonyl (C=O) groups excluding carboxylic acids is 3. The molecule has 1 unspecified atom stereocenters. The molecule has 1 atom stereocenters.